The van der Waals surface area contributed by atoms with E-state index in [2.05, 4.69) is 21.2 Å². The Bertz CT molecular complexity index is 638. The van der Waals surface area contributed by atoms with Crippen molar-refractivity contribution in [1.29, 1.82) is 0 Å². The Balaban J connectivity index is 1.80. The highest BCUT2D eigenvalue weighted by molar-refractivity contribution is 9.10. The monoisotopic (exact) mass is 414 g/mol. The van der Waals surface area contributed by atoms with E-state index in [1.54, 1.807) is 17.0 Å². The topological polar surface area (TPSA) is 58.6 Å². The maximum absolute atomic E-state index is 13.7. The van der Waals surface area contributed by atoms with Crippen LogP contribution in [0.4, 0.5) is 14.9 Å². The number of rotatable bonds is 3. The van der Waals surface area contributed by atoms with Crippen LogP contribution in [0.5, 0.6) is 0 Å². The van der Waals surface area contributed by atoms with Gasteiger partial charge in [-0.1, -0.05) is 15.9 Å². The van der Waals surface area contributed by atoms with Gasteiger partial charge in [-0.05, 0) is 57.7 Å². The molecule has 7 heteroatoms. The molecule has 1 saturated heterocycles. The number of amides is 2. The molecule has 0 aliphatic carbocycles. The van der Waals surface area contributed by atoms with Crippen LogP contribution in [0, 0.1) is 11.7 Å². The number of anilines is 1. The smallest absolute Gasteiger partial charge is 0.410 e. The van der Waals surface area contributed by atoms with Crippen molar-refractivity contribution < 1.29 is 18.7 Å². The zero-order valence-electron chi connectivity index (χ0n) is 14.8. The first kappa shape index (κ1) is 19.7. The van der Waals surface area contributed by atoms with Crippen LogP contribution in [-0.4, -0.2) is 35.6 Å². The molecule has 1 N–H and O–H groups in total. The van der Waals surface area contributed by atoms with Gasteiger partial charge in [-0.25, -0.2) is 9.18 Å². The van der Waals surface area contributed by atoms with Crippen molar-refractivity contribution >= 4 is 33.6 Å². The Morgan fingerprint density at radius 2 is 1.96 bits per heavy atom. The van der Waals surface area contributed by atoms with Crippen LogP contribution in [0.25, 0.3) is 0 Å². The van der Waals surface area contributed by atoms with E-state index in [4.69, 9.17) is 4.74 Å². The molecule has 25 heavy (non-hydrogen) atoms. The maximum atomic E-state index is 13.7. The predicted molar refractivity (Wildman–Crippen MR) is 97.9 cm³/mol. The lowest BCUT2D eigenvalue weighted by Crippen LogP contribution is -2.42. The van der Waals surface area contributed by atoms with Gasteiger partial charge in [0, 0.05) is 24.0 Å². The molecule has 138 valence electrons. The molecule has 1 aromatic rings. The molecule has 5 nitrogen and oxygen atoms in total. The van der Waals surface area contributed by atoms with E-state index in [1.165, 1.54) is 6.07 Å². The van der Waals surface area contributed by atoms with Crippen molar-refractivity contribution in [3.05, 3.63) is 28.5 Å². The molecule has 2 rings (SSSR count). The van der Waals surface area contributed by atoms with E-state index >= 15 is 0 Å². The number of likely N-dealkylation sites (tertiary alicyclic amines) is 1. The molecular weight excluding hydrogens is 391 g/mol. The number of halogens is 2. The van der Waals surface area contributed by atoms with Gasteiger partial charge in [0.1, 0.15) is 11.4 Å². The average Bonchev–Trinajstić information content (AvgIpc) is 2.50. The molecule has 1 fully saturated rings. The fourth-order valence-corrected chi connectivity index (χ4v) is 3.06. The van der Waals surface area contributed by atoms with Gasteiger partial charge in [0.05, 0.1) is 5.69 Å². The molecule has 1 aliphatic heterocycles. The lowest BCUT2D eigenvalue weighted by molar-refractivity contribution is -0.117. The molecule has 1 aliphatic rings. The standard InChI is InChI=1S/C18H24BrFN2O3/c1-18(2,3)25-17(24)22-8-6-12(7-9-22)10-16(23)21-15-11-13(19)4-5-14(15)20/h4-5,11-12H,6-10H2,1-3H3,(H,21,23). The van der Waals surface area contributed by atoms with Gasteiger partial charge in [0.2, 0.25) is 5.91 Å². The molecule has 0 atom stereocenters. The van der Waals surface area contributed by atoms with E-state index in [0.717, 1.165) is 12.8 Å². The van der Waals surface area contributed by atoms with Gasteiger partial charge >= 0.3 is 6.09 Å². The third kappa shape index (κ3) is 6.30. The van der Waals surface area contributed by atoms with Gasteiger partial charge in [-0.15, -0.1) is 0 Å². The summed E-state index contributed by atoms with van der Waals surface area (Å²) in [6, 6.07) is 4.43. The number of nitrogens with one attached hydrogen (secondary N) is 1. The van der Waals surface area contributed by atoms with Crippen LogP contribution < -0.4 is 5.32 Å². The normalized spacial score (nSPS) is 15.8. The first-order chi connectivity index (χ1) is 11.6. The van der Waals surface area contributed by atoms with Crippen LogP contribution in [0.3, 0.4) is 0 Å². The highest BCUT2D eigenvalue weighted by atomic mass is 79.9. The summed E-state index contributed by atoms with van der Waals surface area (Å²) in [4.78, 5) is 25.9. The summed E-state index contributed by atoms with van der Waals surface area (Å²) in [6.07, 6.45) is 1.46. The number of piperidine rings is 1. The number of benzene rings is 1. The number of hydrogen-bond acceptors (Lipinski definition) is 3. The number of ether oxygens (including phenoxy) is 1. The molecule has 0 bridgehead atoms. The van der Waals surface area contributed by atoms with Gasteiger partial charge in [-0.2, -0.15) is 0 Å². The molecule has 2 amide bonds. The largest absolute Gasteiger partial charge is 0.444 e. The van der Waals surface area contributed by atoms with E-state index in [0.29, 0.717) is 24.0 Å². The Hall–Kier alpha value is -1.63. The van der Waals surface area contributed by atoms with Gasteiger partial charge < -0.3 is 15.0 Å². The third-order valence-corrected chi connectivity index (χ3v) is 4.44. The Morgan fingerprint density at radius 1 is 1.32 bits per heavy atom. The van der Waals surface area contributed by atoms with Crippen LogP contribution in [0.1, 0.15) is 40.0 Å². The van der Waals surface area contributed by atoms with E-state index < -0.39 is 11.4 Å². The highest BCUT2D eigenvalue weighted by Crippen LogP contribution is 2.24. The number of hydrogen-bond donors (Lipinski definition) is 1. The second-order valence-corrected chi connectivity index (χ2v) is 8.20. The fraction of sp³-hybridized carbons (Fsp3) is 0.556. The quantitative estimate of drug-likeness (QED) is 0.787. The summed E-state index contributed by atoms with van der Waals surface area (Å²) in [7, 11) is 0. The van der Waals surface area contributed by atoms with Crippen molar-refractivity contribution in [3.63, 3.8) is 0 Å². The van der Waals surface area contributed by atoms with Crippen LogP contribution in [-0.2, 0) is 9.53 Å². The third-order valence-electron chi connectivity index (χ3n) is 3.94. The van der Waals surface area contributed by atoms with Crippen molar-refractivity contribution in [2.24, 2.45) is 5.92 Å². The molecule has 0 radical (unpaired) electrons. The lowest BCUT2D eigenvalue weighted by atomic mass is 9.93. The zero-order chi connectivity index (χ0) is 18.6. The second kappa shape index (κ2) is 8.17. The average molecular weight is 415 g/mol. The number of carbonyl (C=O) groups excluding carboxylic acids is 2. The molecule has 0 unspecified atom stereocenters. The van der Waals surface area contributed by atoms with Crippen molar-refractivity contribution in [3.8, 4) is 0 Å². The summed E-state index contributed by atoms with van der Waals surface area (Å²) in [6.45, 7) is 6.64. The fourth-order valence-electron chi connectivity index (χ4n) is 2.70. The minimum Gasteiger partial charge on any atom is -0.444 e. The Morgan fingerprint density at radius 3 is 2.56 bits per heavy atom. The Kier molecular flexibility index (Phi) is 6.43. The SMILES string of the molecule is CC(C)(C)OC(=O)N1CCC(CC(=O)Nc2cc(Br)ccc2F)CC1. The summed E-state index contributed by atoms with van der Waals surface area (Å²) in [5.74, 6) is -0.502. The lowest BCUT2D eigenvalue weighted by Gasteiger charge is -2.33. The molecule has 0 aromatic heterocycles. The molecule has 1 heterocycles. The van der Waals surface area contributed by atoms with Crippen LogP contribution in [0.15, 0.2) is 22.7 Å². The van der Waals surface area contributed by atoms with Crippen molar-refractivity contribution in [2.75, 3.05) is 18.4 Å². The summed E-state index contributed by atoms with van der Waals surface area (Å²) >= 11 is 3.26. The van der Waals surface area contributed by atoms with Crippen LogP contribution >= 0.6 is 15.9 Å². The number of nitrogens with zero attached hydrogens (tertiary/aromatic N) is 1. The van der Waals surface area contributed by atoms with Crippen LogP contribution in [0.2, 0.25) is 0 Å². The second-order valence-electron chi connectivity index (χ2n) is 7.29. The van der Waals surface area contributed by atoms with E-state index in [9.17, 15) is 14.0 Å². The van der Waals surface area contributed by atoms with Gasteiger partial charge in [-0.3, -0.25) is 4.79 Å². The summed E-state index contributed by atoms with van der Waals surface area (Å²) in [5.41, 5.74) is -0.340. The molecule has 0 saturated carbocycles. The first-order valence-electron chi connectivity index (χ1n) is 8.37. The summed E-state index contributed by atoms with van der Waals surface area (Å²) < 4.78 is 19.8. The maximum Gasteiger partial charge on any atom is 0.410 e. The minimum absolute atomic E-state index is 0.172. The van der Waals surface area contributed by atoms with Gasteiger partial charge in [0.25, 0.3) is 0 Å². The summed E-state index contributed by atoms with van der Waals surface area (Å²) in [5, 5.41) is 2.61. The molecule has 1 aromatic carbocycles. The van der Waals surface area contributed by atoms with Gasteiger partial charge in [0.15, 0.2) is 0 Å². The van der Waals surface area contributed by atoms with Crippen molar-refractivity contribution in [2.45, 2.75) is 45.6 Å². The Labute approximate surface area is 156 Å². The predicted octanol–water partition coefficient (Wildman–Crippen LogP) is 4.56. The number of carbonyl (C=O) groups is 2. The first-order valence-corrected chi connectivity index (χ1v) is 9.16. The van der Waals surface area contributed by atoms with Crippen molar-refractivity contribution in [1.82, 2.24) is 4.90 Å². The molecular formula is C18H24BrFN2O3. The van der Waals surface area contributed by atoms with E-state index in [-0.39, 0.29) is 23.6 Å². The van der Waals surface area contributed by atoms with E-state index in [1.807, 2.05) is 20.8 Å². The molecule has 0 spiro atoms. The minimum atomic E-state index is -0.512. The zero-order valence-corrected chi connectivity index (χ0v) is 16.4. The highest BCUT2D eigenvalue weighted by Gasteiger charge is 2.27.